The summed E-state index contributed by atoms with van der Waals surface area (Å²) in [5.74, 6) is -0.802. The maximum absolute atomic E-state index is 12.2. The molecule has 0 radical (unpaired) electrons. The molecule has 22 heavy (non-hydrogen) atoms. The van der Waals surface area contributed by atoms with Crippen LogP contribution in [0.5, 0.6) is 0 Å². The van der Waals surface area contributed by atoms with Crippen molar-refractivity contribution in [2.75, 3.05) is 6.61 Å². The summed E-state index contributed by atoms with van der Waals surface area (Å²) < 4.78 is 5.02. The molecular weight excluding hydrogens is 282 g/mol. The Balaban J connectivity index is 2.05. The summed E-state index contributed by atoms with van der Waals surface area (Å²) in [6, 6.07) is 7.91. The summed E-state index contributed by atoms with van der Waals surface area (Å²) in [7, 11) is 0. The lowest BCUT2D eigenvalue weighted by atomic mass is 9.97. The number of hydrogen-bond donors (Lipinski definition) is 1. The number of amides is 1. The van der Waals surface area contributed by atoms with Gasteiger partial charge in [0.05, 0.1) is 6.61 Å². The van der Waals surface area contributed by atoms with E-state index in [4.69, 9.17) is 4.74 Å². The number of carbonyl (C=O) groups excluding carboxylic acids is 3. The number of hydrogen-bond acceptors (Lipinski definition) is 4. The number of carbonyl (C=O) groups is 3. The standard InChI is InChI=1S/C17H21NO4/c1-2-22-17(21)14(11-13-9-6-10-15(13)19)18-16(20)12-7-4-3-5-8-12/h3-5,7-8,13-14H,2,6,9-11H2,1H3,(H,18,20). The molecule has 2 rings (SSSR count). The highest BCUT2D eigenvalue weighted by Crippen LogP contribution is 2.26. The number of benzene rings is 1. The second kappa shape index (κ2) is 7.73. The van der Waals surface area contributed by atoms with Crippen LogP contribution in [0.1, 0.15) is 43.0 Å². The fourth-order valence-electron chi connectivity index (χ4n) is 2.71. The van der Waals surface area contributed by atoms with E-state index >= 15 is 0 Å². The molecule has 118 valence electrons. The first-order chi connectivity index (χ1) is 10.6. The van der Waals surface area contributed by atoms with E-state index in [9.17, 15) is 14.4 Å². The SMILES string of the molecule is CCOC(=O)C(CC1CCCC1=O)NC(=O)c1ccccc1. The lowest BCUT2D eigenvalue weighted by molar-refractivity contribution is -0.146. The first kappa shape index (κ1) is 16.2. The molecule has 1 fully saturated rings. The van der Waals surface area contributed by atoms with Gasteiger partial charge in [-0.05, 0) is 38.3 Å². The van der Waals surface area contributed by atoms with E-state index in [1.807, 2.05) is 6.07 Å². The normalized spacial score (nSPS) is 18.8. The van der Waals surface area contributed by atoms with Gasteiger partial charge in [0.1, 0.15) is 11.8 Å². The van der Waals surface area contributed by atoms with Crippen LogP contribution in [0.25, 0.3) is 0 Å². The molecule has 1 saturated carbocycles. The fraction of sp³-hybridized carbons (Fsp3) is 0.471. The van der Waals surface area contributed by atoms with E-state index in [1.165, 1.54) is 0 Å². The number of Topliss-reactive ketones (excluding diaryl/α,β-unsaturated/α-hetero) is 1. The van der Waals surface area contributed by atoms with Crippen molar-refractivity contribution in [3.05, 3.63) is 35.9 Å². The topological polar surface area (TPSA) is 72.5 Å². The van der Waals surface area contributed by atoms with Crippen molar-refractivity contribution in [3.63, 3.8) is 0 Å². The Morgan fingerprint density at radius 3 is 2.64 bits per heavy atom. The van der Waals surface area contributed by atoms with Crippen LogP contribution in [-0.2, 0) is 14.3 Å². The molecule has 1 aliphatic carbocycles. The van der Waals surface area contributed by atoms with Crippen LogP contribution in [-0.4, -0.2) is 30.3 Å². The quantitative estimate of drug-likeness (QED) is 0.817. The summed E-state index contributed by atoms with van der Waals surface area (Å²) in [4.78, 5) is 36.1. The van der Waals surface area contributed by atoms with Crippen molar-refractivity contribution in [1.82, 2.24) is 5.32 Å². The molecule has 5 nitrogen and oxygen atoms in total. The van der Waals surface area contributed by atoms with Crippen LogP contribution >= 0.6 is 0 Å². The summed E-state index contributed by atoms with van der Waals surface area (Å²) >= 11 is 0. The second-order valence-electron chi connectivity index (χ2n) is 5.44. The lowest BCUT2D eigenvalue weighted by Gasteiger charge is -2.20. The number of rotatable bonds is 6. The van der Waals surface area contributed by atoms with Gasteiger partial charge in [-0.1, -0.05) is 18.2 Å². The molecule has 0 aliphatic heterocycles. The van der Waals surface area contributed by atoms with Crippen molar-refractivity contribution in [2.24, 2.45) is 5.92 Å². The molecule has 5 heteroatoms. The Hall–Kier alpha value is -2.17. The van der Waals surface area contributed by atoms with Crippen molar-refractivity contribution >= 4 is 17.7 Å². The predicted octanol–water partition coefficient (Wildman–Crippen LogP) is 2.11. The van der Waals surface area contributed by atoms with Gasteiger partial charge in [-0.25, -0.2) is 4.79 Å². The largest absolute Gasteiger partial charge is 0.464 e. The van der Waals surface area contributed by atoms with Crippen LogP contribution < -0.4 is 5.32 Å². The lowest BCUT2D eigenvalue weighted by Crippen LogP contribution is -2.43. The van der Waals surface area contributed by atoms with Crippen LogP contribution in [0.3, 0.4) is 0 Å². The third kappa shape index (κ3) is 4.16. The van der Waals surface area contributed by atoms with Gasteiger partial charge < -0.3 is 10.1 Å². The Labute approximate surface area is 130 Å². The summed E-state index contributed by atoms with van der Waals surface area (Å²) in [5, 5.41) is 2.70. The van der Waals surface area contributed by atoms with E-state index in [1.54, 1.807) is 31.2 Å². The van der Waals surface area contributed by atoms with E-state index in [0.717, 1.165) is 12.8 Å². The molecule has 1 amide bonds. The Bertz CT molecular complexity index is 541. The average Bonchev–Trinajstić information content (AvgIpc) is 2.93. The molecule has 2 unspecified atom stereocenters. The minimum absolute atomic E-state index is 0.162. The second-order valence-corrected chi connectivity index (χ2v) is 5.44. The Morgan fingerprint density at radius 2 is 2.05 bits per heavy atom. The Kier molecular flexibility index (Phi) is 5.69. The molecule has 2 atom stereocenters. The monoisotopic (exact) mass is 303 g/mol. The van der Waals surface area contributed by atoms with Gasteiger partial charge in [0.15, 0.2) is 0 Å². The number of nitrogens with one attached hydrogen (secondary N) is 1. The molecule has 1 aromatic rings. The van der Waals surface area contributed by atoms with Crippen LogP contribution in [0.15, 0.2) is 30.3 Å². The average molecular weight is 303 g/mol. The van der Waals surface area contributed by atoms with E-state index in [2.05, 4.69) is 5.32 Å². The number of ketones is 1. The number of ether oxygens (including phenoxy) is 1. The van der Waals surface area contributed by atoms with Crippen molar-refractivity contribution in [2.45, 2.75) is 38.6 Å². The van der Waals surface area contributed by atoms with Gasteiger partial charge >= 0.3 is 5.97 Å². The van der Waals surface area contributed by atoms with Gasteiger partial charge in [0.2, 0.25) is 0 Å². The third-order valence-electron chi connectivity index (χ3n) is 3.86. The molecule has 0 saturated heterocycles. The summed E-state index contributed by atoms with van der Waals surface area (Å²) in [6.07, 6.45) is 2.50. The van der Waals surface area contributed by atoms with Crippen LogP contribution in [0.4, 0.5) is 0 Å². The highest BCUT2D eigenvalue weighted by atomic mass is 16.5. The molecule has 0 heterocycles. The maximum atomic E-state index is 12.2. The van der Waals surface area contributed by atoms with Gasteiger partial charge in [0.25, 0.3) is 5.91 Å². The highest BCUT2D eigenvalue weighted by Gasteiger charge is 2.32. The molecule has 1 aromatic carbocycles. The number of esters is 1. The van der Waals surface area contributed by atoms with Crippen LogP contribution in [0, 0.1) is 5.92 Å². The zero-order valence-corrected chi connectivity index (χ0v) is 12.7. The molecule has 1 aliphatic rings. The van der Waals surface area contributed by atoms with Gasteiger partial charge in [-0.2, -0.15) is 0 Å². The minimum atomic E-state index is -0.778. The molecular formula is C17H21NO4. The molecule has 0 bridgehead atoms. The first-order valence-corrected chi connectivity index (χ1v) is 7.67. The first-order valence-electron chi connectivity index (χ1n) is 7.67. The minimum Gasteiger partial charge on any atom is -0.464 e. The van der Waals surface area contributed by atoms with Gasteiger partial charge in [0, 0.05) is 17.9 Å². The predicted molar refractivity (Wildman–Crippen MR) is 81.3 cm³/mol. The highest BCUT2D eigenvalue weighted by molar-refractivity contribution is 5.97. The maximum Gasteiger partial charge on any atom is 0.328 e. The van der Waals surface area contributed by atoms with Crippen molar-refractivity contribution in [3.8, 4) is 0 Å². The smallest absolute Gasteiger partial charge is 0.328 e. The third-order valence-corrected chi connectivity index (χ3v) is 3.86. The Morgan fingerprint density at radius 1 is 1.32 bits per heavy atom. The van der Waals surface area contributed by atoms with Crippen molar-refractivity contribution in [1.29, 1.82) is 0 Å². The zero-order valence-electron chi connectivity index (χ0n) is 12.7. The molecule has 0 aromatic heterocycles. The fourth-order valence-corrected chi connectivity index (χ4v) is 2.71. The van der Waals surface area contributed by atoms with Gasteiger partial charge in [-0.3, -0.25) is 9.59 Å². The summed E-state index contributed by atoms with van der Waals surface area (Å²) in [6.45, 7) is 1.96. The molecule has 0 spiro atoms. The van der Waals surface area contributed by atoms with Crippen molar-refractivity contribution < 1.29 is 19.1 Å². The van der Waals surface area contributed by atoms with Crippen LogP contribution in [0.2, 0.25) is 0 Å². The van der Waals surface area contributed by atoms with E-state index < -0.39 is 12.0 Å². The summed E-state index contributed by atoms with van der Waals surface area (Å²) in [5.41, 5.74) is 0.481. The van der Waals surface area contributed by atoms with E-state index in [-0.39, 0.29) is 24.2 Å². The van der Waals surface area contributed by atoms with E-state index in [0.29, 0.717) is 18.4 Å². The van der Waals surface area contributed by atoms with Gasteiger partial charge in [-0.15, -0.1) is 0 Å². The molecule has 1 N–H and O–H groups in total. The zero-order chi connectivity index (χ0) is 15.9.